The second kappa shape index (κ2) is 5.34. The van der Waals surface area contributed by atoms with Gasteiger partial charge in [0.15, 0.2) is 9.84 Å². The summed E-state index contributed by atoms with van der Waals surface area (Å²) >= 11 is 0. The van der Waals surface area contributed by atoms with Crippen LogP contribution in [0.5, 0.6) is 0 Å². The summed E-state index contributed by atoms with van der Waals surface area (Å²) in [6, 6.07) is 9.90. The van der Waals surface area contributed by atoms with Gasteiger partial charge < -0.3 is 4.90 Å². The van der Waals surface area contributed by atoms with E-state index < -0.39 is 14.8 Å². The van der Waals surface area contributed by atoms with Gasteiger partial charge in [-0.25, -0.2) is 8.42 Å². The van der Waals surface area contributed by atoms with Gasteiger partial charge in [0.25, 0.3) is 5.69 Å². The first-order chi connectivity index (χ1) is 10.8. The van der Waals surface area contributed by atoms with E-state index in [0.29, 0.717) is 12.2 Å². The average molecular weight is 332 g/mol. The largest absolute Gasteiger partial charge is 0.340 e. The number of rotatable bonds is 3. The Labute approximate surface area is 134 Å². The minimum absolute atomic E-state index is 0.0129. The molecule has 1 heterocycles. The first-order valence-corrected chi connectivity index (χ1v) is 9.02. The van der Waals surface area contributed by atoms with Crippen molar-refractivity contribution >= 4 is 26.9 Å². The van der Waals surface area contributed by atoms with E-state index in [0.717, 1.165) is 30.0 Å². The molecule has 0 radical (unpaired) electrons. The maximum atomic E-state index is 12.1. The first-order valence-electron chi connectivity index (χ1n) is 7.13. The number of benzene rings is 2. The minimum atomic E-state index is -3.59. The van der Waals surface area contributed by atoms with Gasteiger partial charge in [-0.15, -0.1) is 0 Å². The van der Waals surface area contributed by atoms with Crippen LogP contribution < -0.4 is 4.90 Å². The van der Waals surface area contributed by atoms with Gasteiger partial charge in [0, 0.05) is 30.6 Å². The standard InChI is InChI=1S/C16H16N2O4S/c1-11-4-3-5-14-13(11)8-9-17(14)15-7-6-12(18(19)20)10-16(15)23(2,21)22/h3-7,10H,8-9H2,1-2H3. The molecule has 0 aliphatic carbocycles. The normalized spacial score (nSPS) is 13.9. The molecule has 120 valence electrons. The molecule has 2 aromatic carbocycles. The molecule has 7 heteroatoms. The number of hydrogen-bond donors (Lipinski definition) is 0. The lowest BCUT2D eigenvalue weighted by atomic mass is 10.1. The molecule has 2 aromatic rings. The van der Waals surface area contributed by atoms with Crippen LogP contribution in [0.15, 0.2) is 41.3 Å². The van der Waals surface area contributed by atoms with Crippen LogP contribution in [0.25, 0.3) is 0 Å². The molecule has 6 nitrogen and oxygen atoms in total. The molecule has 3 rings (SSSR count). The lowest BCUT2D eigenvalue weighted by Gasteiger charge is -2.22. The van der Waals surface area contributed by atoms with Gasteiger partial charge in [-0.3, -0.25) is 10.1 Å². The molecular formula is C16H16N2O4S. The Morgan fingerprint density at radius 2 is 1.91 bits per heavy atom. The smallest absolute Gasteiger partial charge is 0.270 e. The van der Waals surface area contributed by atoms with E-state index in [1.165, 1.54) is 17.7 Å². The van der Waals surface area contributed by atoms with Crippen LogP contribution in [0.2, 0.25) is 0 Å². The fourth-order valence-electron chi connectivity index (χ4n) is 3.00. The Kier molecular flexibility index (Phi) is 3.60. The summed E-state index contributed by atoms with van der Waals surface area (Å²) in [6.07, 6.45) is 1.89. The monoisotopic (exact) mass is 332 g/mol. The Morgan fingerprint density at radius 3 is 2.57 bits per heavy atom. The lowest BCUT2D eigenvalue weighted by molar-refractivity contribution is -0.385. The maximum Gasteiger partial charge on any atom is 0.270 e. The van der Waals surface area contributed by atoms with Crippen LogP contribution in [0.3, 0.4) is 0 Å². The molecule has 23 heavy (non-hydrogen) atoms. The number of hydrogen-bond acceptors (Lipinski definition) is 5. The Morgan fingerprint density at radius 1 is 1.17 bits per heavy atom. The molecule has 0 atom stereocenters. The molecule has 0 aromatic heterocycles. The molecule has 1 aliphatic rings. The number of sulfone groups is 1. The van der Waals surface area contributed by atoms with Crippen molar-refractivity contribution in [2.75, 3.05) is 17.7 Å². The number of nitro groups is 1. The topological polar surface area (TPSA) is 80.5 Å². The van der Waals surface area contributed by atoms with Gasteiger partial charge in [-0.2, -0.15) is 0 Å². The van der Waals surface area contributed by atoms with Crippen LogP contribution in [-0.2, 0) is 16.3 Å². The van der Waals surface area contributed by atoms with Crippen LogP contribution in [-0.4, -0.2) is 26.1 Å². The molecule has 0 fully saturated rings. The molecule has 0 N–H and O–H groups in total. The Balaban J connectivity index is 2.19. The van der Waals surface area contributed by atoms with E-state index in [1.54, 1.807) is 0 Å². The van der Waals surface area contributed by atoms with Crippen molar-refractivity contribution in [1.29, 1.82) is 0 Å². The number of anilines is 2. The summed E-state index contributed by atoms with van der Waals surface area (Å²) in [6.45, 7) is 2.68. The van der Waals surface area contributed by atoms with Gasteiger partial charge in [-0.1, -0.05) is 12.1 Å². The fraction of sp³-hybridized carbons (Fsp3) is 0.250. The van der Waals surface area contributed by atoms with Gasteiger partial charge in [0.05, 0.1) is 15.5 Å². The molecule has 0 saturated heterocycles. The van der Waals surface area contributed by atoms with Gasteiger partial charge in [-0.05, 0) is 36.6 Å². The van der Waals surface area contributed by atoms with Crippen molar-refractivity contribution in [3.63, 3.8) is 0 Å². The zero-order chi connectivity index (χ0) is 16.8. The van der Waals surface area contributed by atoms with E-state index in [9.17, 15) is 18.5 Å². The van der Waals surface area contributed by atoms with Crippen LogP contribution in [0, 0.1) is 17.0 Å². The number of aryl methyl sites for hydroxylation is 1. The van der Waals surface area contributed by atoms with Crippen molar-refractivity contribution in [2.45, 2.75) is 18.2 Å². The van der Waals surface area contributed by atoms with Crippen molar-refractivity contribution in [3.8, 4) is 0 Å². The average Bonchev–Trinajstić information content (AvgIpc) is 2.91. The predicted octanol–water partition coefficient (Wildman–Crippen LogP) is 3.00. The Hall–Kier alpha value is -2.41. The van der Waals surface area contributed by atoms with Gasteiger partial charge >= 0.3 is 0 Å². The van der Waals surface area contributed by atoms with E-state index in [4.69, 9.17) is 0 Å². The summed E-state index contributed by atoms with van der Waals surface area (Å²) in [7, 11) is -3.59. The van der Waals surface area contributed by atoms with E-state index >= 15 is 0 Å². The summed E-state index contributed by atoms with van der Waals surface area (Å²) in [5, 5.41) is 11.0. The highest BCUT2D eigenvalue weighted by atomic mass is 32.2. The van der Waals surface area contributed by atoms with Crippen molar-refractivity contribution in [1.82, 2.24) is 0 Å². The first kappa shape index (κ1) is 15.5. The van der Waals surface area contributed by atoms with Crippen molar-refractivity contribution in [2.24, 2.45) is 0 Å². The third-order valence-electron chi connectivity index (χ3n) is 4.11. The summed E-state index contributed by atoms with van der Waals surface area (Å²) < 4.78 is 24.2. The van der Waals surface area contributed by atoms with Crippen LogP contribution in [0.1, 0.15) is 11.1 Å². The molecule has 0 spiro atoms. The molecule has 0 unspecified atom stereocenters. The summed E-state index contributed by atoms with van der Waals surface area (Å²) in [5.74, 6) is 0. The summed E-state index contributed by atoms with van der Waals surface area (Å²) in [4.78, 5) is 12.3. The number of nitro benzene ring substituents is 1. The second-order valence-corrected chi connectivity index (χ2v) is 7.64. The highest BCUT2D eigenvalue weighted by Gasteiger charge is 2.27. The fourth-order valence-corrected chi connectivity index (χ4v) is 3.89. The zero-order valence-electron chi connectivity index (χ0n) is 12.8. The highest BCUT2D eigenvalue weighted by molar-refractivity contribution is 7.90. The molecular weight excluding hydrogens is 316 g/mol. The van der Waals surface area contributed by atoms with E-state index in [1.807, 2.05) is 30.0 Å². The maximum absolute atomic E-state index is 12.1. The number of fused-ring (bicyclic) bond motifs is 1. The highest BCUT2D eigenvalue weighted by Crippen LogP contribution is 2.40. The second-order valence-electron chi connectivity index (χ2n) is 5.66. The van der Waals surface area contributed by atoms with Crippen LogP contribution >= 0.6 is 0 Å². The van der Waals surface area contributed by atoms with Crippen molar-refractivity contribution in [3.05, 3.63) is 57.6 Å². The molecule has 0 saturated carbocycles. The molecule has 0 amide bonds. The van der Waals surface area contributed by atoms with E-state index in [-0.39, 0.29) is 10.6 Å². The minimum Gasteiger partial charge on any atom is -0.340 e. The Bertz CT molecular complexity index is 906. The quantitative estimate of drug-likeness (QED) is 0.637. The van der Waals surface area contributed by atoms with E-state index in [2.05, 4.69) is 0 Å². The van der Waals surface area contributed by atoms with Crippen LogP contribution in [0.4, 0.5) is 17.1 Å². The third-order valence-corrected chi connectivity index (χ3v) is 5.23. The SMILES string of the molecule is Cc1cccc2c1CCN2c1ccc([N+](=O)[O-])cc1S(C)(=O)=O. The number of non-ortho nitro benzene ring substituents is 1. The number of nitrogens with zero attached hydrogens (tertiary/aromatic N) is 2. The summed E-state index contributed by atoms with van der Waals surface area (Å²) in [5.41, 5.74) is 3.57. The lowest BCUT2D eigenvalue weighted by Crippen LogP contribution is -2.17. The molecule has 0 bridgehead atoms. The third kappa shape index (κ3) is 2.68. The predicted molar refractivity (Wildman–Crippen MR) is 88.1 cm³/mol. The van der Waals surface area contributed by atoms with Gasteiger partial charge in [0.2, 0.25) is 0 Å². The molecule has 1 aliphatic heterocycles. The van der Waals surface area contributed by atoms with Crippen molar-refractivity contribution < 1.29 is 13.3 Å². The van der Waals surface area contributed by atoms with Gasteiger partial charge in [0.1, 0.15) is 0 Å². The zero-order valence-corrected chi connectivity index (χ0v) is 13.6.